The average Bonchev–Trinajstić information content (AvgIpc) is 3.75. The number of hydrogen-bond acceptors (Lipinski definition) is 8. The zero-order chi connectivity index (χ0) is 42.0. The van der Waals surface area contributed by atoms with Gasteiger partial charge in [-0.05, 0) is 99.8 Å². The number of piperazine rings is 1. The maximum atomic E-state index is 14.3. The van der Waals surface area contributed by atoms with E-state index < -0.39 is 6.04 Å². The molecule has 1 atom stereocenters. The number of carbonyl (C=O) groups excluding carboxylic acids is 3. The highest BCUT2D eigenvalue weighted by Crippen LogP contribution is 2.29. The van der Waals surface area contributed by atoms with Gasteiger partial charge in [-0.2, -0.15) is 5.10 Å². The molecule has 2 aromatic heterocycles. The Bertz CT molecular complexity index is 2120. The smallest absolute Gasteiger partial charge is 0.318 e. The number of amides is 3. The predicted octanol–water partition coefficient (Wildman–Crippen LogP) is 6.57. The summed E-state index contributed by atoms with van der Waals surface area (Å²) in [4.78, 5) is 63.8. The van der Waals surface area contributed by atoms with Crippen LogP contribution >= 0.6 is 0 Å². The Kier molecular flexibility index (Phi) is 14.9. The van der Waals surface area contributed by atoms with Crippen LogP contribution < -0.4 is 10.9 Å². The van der Waals surface area contributed by atoms with E-state index in [0.29, 0.717) is 63.5 Å². The zero-order valence-electron chi connectivity index (χ0n) is 36.1. The van der Waals surface area contributed by atoms with Crippen LogP contribution in [0.25, 0.3) is 21.8 Å². The SMILES string of the molecule is CCCCCCCCCC(=O)OCn1c(=O)c(C2CCN(C(=O)N[C@H](Cc3cc(C)c4[nH]ncc4c3)C(=O)N3CCN(C4CCN(C)CC4)CC3)CC2)cc2ccccc21. The van der Waals surface area contributed by atoms with Crippen molar-refractivity contribution in [3.05, 3.63) is 75.7 Å². The van der Waals surface area contributed by atoms with Crippen molar-refractivity contribution in [1.82, 2.24) is 39.7 Å². The van der Waals surface area contributed by atoms with Gasteiger partial charge in [0.2, 0.25) is 5.91 Å². The van der Waals surface area contributed by atoms with Crippen molar-refractivity contribution in [2.75, 3.05) is 59.4 Å². The first-order valence-electron chi connectivity index (χ1n) is 22.7. The van der Waals surface area contributed by atoms with Crippen molar-refractivity contribution in [3.63, 3.8) is 0 Å². The van der Waals surface area contributed by atoms with E-state index in [9.17, 15) is 19.2 Å². The maximum absolute atomic E-state index is 14.3. The summed E-state index contributed by atoms with van der Waals surface area (Å²) in [5.41, 5.74) is 4.23. The molecule has 3 aliphatic heterocycles. The molecule has 4 aromatic rings. The monoisotopic (exact) mass is 823 g/mol. The summed E-state index contributed by atoms with van der Waals surface area (Å²) in [6.07, 6.45) is 13.9. The second-order valence-corrected chi connectivity index (χ2v) is 17.5. The van der Waals surface area contributed by atoms with Crippen LogP contribution in [-0.2, 0) is 27.5 Å². The van der Waals surface area contributed by atoms with Crippen molar-refractivity contribution in [2.45, 2.75) is 122 Å². The van der Waals surface area contributed by atoms with Gasteiger partial charge in [0.05, 0.1) is 17.2 Å². The Hall–Kier alpha value is -4.75. The van der Waals surface area contributed by atoms with Crippen molar-refractivity contribution >= 4 is 39.7 Å². The number of hydrogen-bond donors (Lipinski definition) is 2. The fraction of sp³-hybridized carbons (Fsp3) is 0.596. The Morgan fingerprint density at radius 3 is 2.32 bits per heavy atom. The predicted molar refractivity (Wildman–Crippen MR) is 236 cm³/mol. The minimum absolute atomic E-state index is 0.0500. The number of benzene rings is 2. The number of para-hydroxylation sites is 1. The van der Waals surface area contributed by atoms with Crippen molar-refractivity contribution in [1.29, 1.82) is 0 Å². The summed E-state index contributed by atoms with van der Waals surface area (Å²) in [6.45, 7) is 10.2. The van der Waals surface area contributed by atoms with Crippen molar-refractivity contribution < 1.29 is 19.1 Å². The number of aromatic amines is 1. The molecule has 3 fully saturated rings. The first-order chi connectivity index (χ1) is 29.2. The van der Waals surface area contributed by atoms with Crippen LogP contribution in [0.2, 0.25) is 0 Å². The number of rotatable bonds is 16. The van der Waals surface area contributed by atoms with Gasteiger partial charge in [0.25, 0.3) is 5.56 Å². The molecule has 0 unspecified atom stereocenters. The molecule has 60 heavy (non-hydrogen) atoms. The molecule has 2 aromatic carbocycles. The number of nitrogens with one attached hydrogen (secondary N) is 2. The number of fused-ring (bicyclic) bond motifs is 2. The number of likely N-dealkylation sites (tertiary alicyclic amines) is 2. The lowest BCUT2D eigenvalue weighted by atomic mass is 9.89. The highest BCUT2D eigenvalue weighted by molar-refractivity contribution is 5.88. The number of H-pyrrole nitrogens is 1. The Balaban J connectivity index is 0.985. The third-order valence-corrected chi connectivity index (χ3v) is 13.3. The fourth-order valence-corrected chi connectivity index (χ4v) is 9.59. The van der Waals surface area contributed by atoms with Crippen LogP contribution in [0.4, 0.5) is 4.79 Å². The summed E-state index contributed by atoms with van der Waals surface area (Å²) < 4.78 is 7.26. The minimum atomic E-state index is -0.727. The number of nitrogens with zero attached hydrogens (tertiary/aromatic N) is 6. The summed E-state index contributed by atoms with van der Waals surface area (Å²) in [6, 6.07) is 13.4. The quantitative estimate of drug-likeness (QED) is 0.0958. The highest BCUT2D eigenvalue weighted by atomic mass is 16.5. The van der Waals surface area contributed by atoms with Crippen LogP contribution in [0.3, 0.4) is 0 Å². The zero-order valence-corrected chi connectivity index (χ0v) is 36.1. The second-order valence-electron chi connectivity index (χ2n) is 17.5. The molecule has 0 bridgehead atoms. The van der Waals surface area contributed by atoms with Crippen LogP contribution in [0.15, 0.2) is 53.5 Å². The number of aryl methyl sites for hydroxylation is 1. The maximum Gasteiger partial charge on any atom is 0.318 e. The summed E-state index contributed by atoms with van der Waals surface area (Å²) in [5.74, 6) is -0.400. The van der Waals surface area contributed by atoms with E-state index >= 15 is 0 Å². The van der Waals surface area contributed by atoms with Gasteiger partial charge in [-0.1, -0.05) is 69.7 Å². The van der Waals surface area contributed by atoms with Crippen molar-refractivity contribution in [3.8, 4) is 0 Å². The van der Waals surface area contributed by atoms with Gasteiger partial charge in [-0.15, -0.1) is 0 Å². The lowest BCUT2D eigenvalue weighted by molar-refractivity contribution is -0.147. The number of pyridine rings is 1. The van der Waals surface area contributed by atoms with E-state index in [2.05, 4.69) is 51.4 Å². The normalized spacial score (nSPS) is 18.0. The van der Waals surface area contributed by atoms with Gasteiger partial charge >= 0.3 is 12.0 Å². The number of piperidine rings is 2. The molecule has 13 nitrogen and oxygen atoms in total. The topological polar surface area (TPSA) is 136 Å². The molecule has 3 saturated heterocycles. The van der Waals surface area contributed by atoms with Crippen LogP contribution in [0.5, 0.6) is 0 Å². The Morgan fingerprint density at radius 2 is 1.57 bits per heavy atom. The van der Waals surface area contributed by atoms with E-state index in [1.165, 1.54) is 25.7 Å². The summed E-state index contributed by atoms with van der Waals surface area (Å²) in [7, 11) is 2.18. The molecule has 2 N–H and O–H groups in total. The molecule has 0 saturated carbocycles. The van der Waals surface area contributed by atoms with E-state index in [1.807, 2.05) is 42.2 Å². The number of urea groups is 1. The molecule has 0 aliphatic carbocycles. The van der Waals surface area contributed by atoms with Crippen LogP contribution in [-0.4, -0.2) is 124 Å². The van der Waals surface area contributed by atoms with E-state index in [0.717, 1.165) is 91.2 Å². The Morgan fingerprint density at radius 1 is 0.850 bits per heavy atom. The summed E-state index contributed by atoms with van der Waals surface area (Å²) >= 11 is 0. The fourth-order valence-electron chi connectivity index (χ4n) is 9.59. The minimum Gasteiger partial charge on any atom is -0.444 e. The van der Waals surface area contributed by atoms with Gasteiger partial charge in [-0.3, -0.25) is 28.9 Å². The number of carbonyl (C=O) groups is 3. The number of aromatic nitrogens is 3. The van der Waals surface area contributed by atoms with Crippen molar-refractivity contribution in [2.24, 2.45) is 0 Å². The second kappa shape index (κ2) is 20.7. The van der Waals surface area contributed by atoms with Crippen LogP contribution in [0.1, 0.15) is 107 Å². The molecule has 3 aliphatic rings. The molecule has 13 heteroatoms. The van der Waals surface area contributed by atoms with Gasteiger partial charge in [0.1, 0.15) is 6.04 Å². The van der Waals surface area contributed by atoms with Crippen LogP contribution in [0, 0.1) is 6.92 Å². The lowest BCUT2D eigenvalue weighted by Gasteiger charge is -2.43. The molecule has 3 amide bonds. The van der Waals surface area contributed by atoms with Gasteiger partial charge in [-0.25, -0.2) is 4.79 Å². The highest BCUT2D eigenvalue weighted by Gasteiger charge is 2.34. The first kappa shape index (κ1) is 43.3. The van der Waals surface area contributed by atoms with Gasteiger partial charge < -0.3 is 24.8 Å². The third-order valence-electron chi connectivity index (χ3n) is 13.3. The number of esters is 1. The molecule has 0 radical (unpaired) electrons. The molecule has 324 valence electrons. The largest absolute Gasteiger partial charge is 0.444 e. The molecular formula is C47H66N8O5. The lowest BCUT2D eigenvalue weighted by Crippen LogP contribution is -2.59. The molecule has 5 heterocycles. The molecule has 0 spiro atoms. The summed E-state index contributed by atoms with van der Waals surface area (Å²) in [5, 5.41) is 12.3. The number of unbranched alkanes of at least 4 members (excludes halogenated alkanes) is 6. The van der Waals surface area contributed by atoms with E-state index in [1.54, 1.807) is 15.7 Å². The Labute approximate surface area is 354 Å². The third kappa shape index (κ3) is 10.8. The average molecular weight is 823 g/mol. The first-order valence-corrected chi connectivity index (χ1v) is 22.7. The number of ether oxygens (including phenoxy) is 1. The standard InChI is InChI=1S/C47H66N8O5/c1-4-5-6-7-8-9-10-15-43(56)60-33-55-42-14-12-11-13-37(42)31-40(45(55)57)36-16-22-54(23-17-36)47(59)49-41(30-35-28-34(2)44-38(29-35)32-48-50-44)46(58)53-26-24-52(25-27-53)39-18-20-51(3)21-19-39/h11-14,28-29,31-32,36,39,41H,4-10,15-27,30,33H2,1-3H3,(H,48,50)(H,49,59)/t41-/m1/s1. The van der Waals surface area contributed by atoms with E-state index in [-0.39, 0.29) is 36.1 Å². The van der Waals surface area contributed by atoms with Gasteiger partial charge in [0.15, 0.2) is 6.73 Å². The molecular weight excluding hydrogens is 757 g/mol. The van der Waals surface area contributed by atoms with Gasteiger partial charge in [0, 0.05) is 69.1 Å². The molecule has 7 rings (SSSR count). The van der Waals surface area contributed by atoms with E-state index in [4.69, 9.17) is 4.74 Å².